The Bertz CT molecular complexity index is 1250. The maximum Gasteiger partial charge on any atom is 0.257 e. The summed E-state index contributed by atoms with van der Waals surface area (Å²) in [4.78, 5) is 17.5. The van der Waals surface area contributed by atoms with Crippen LogP contribution in [0.2, 0.25) is 5.02 Å². The minimum atomic E-state index is -3.45. The van der Waals surface area contributed by atoms with E-state index in [0.717, 1.165) is 43.7 Å². The van der Waals surface area contributed by atoms with E-state index in [1.807, 2.05) is 23.9 Å². The zero-order valence-corrected chi connectivity index (χ0v) is 19.4. The number of nitrogens with one attached hydrogen (secondary N) is 1. The fourth-order valence-corrected chi connectivity index (χ4v) is 4.81. The van der Waals surface area contributed by atoms with Crippen LogP contribution in [-0.4, -0.2) is 43.3 Å². The fourth-order valence-electron chi connectivity index (χ4n) is 3.82. The Morgan fingerprint density at radius 1 is 1.19 bits per heavy atom. The smallest absolute Gasteiger partial charge is 0.257 e. The molecule has 1 saturated heterocycles. The van der Waals surface area contributed by atoms with Crippen molar-refractivity contribution in [2.75, 3.05) is 24.8 Å². The molecule has 1 N–H and O–H groups in total. The van der Waals surface area contributed by atoms with Crippen molar-refractivity contribution in [3.8, 4) is 11.4 Å². The van der Waals surface area contributed by atoms with Crippen molar-refractivity contribution in [2.45, 2.75) is 23.7 Å². The molecule has 2 aromatic heterocycles. The predicted octanol–water partition coefficient (Wildman–Crippen LogP) is 4.29. The SMILES string of the molecule is Cn1cc(C(=O)Nc2cc(Cl)cc(S(C)(=O)=O)c2)cc1-c1ccc(C2CCOCC2)cn1. The van der Waals surface area contributed by atoms with E-state index in [-0.39, 0.29) is 15.8 Å². The third-order valence-electron chi connectivity index (χ3n) is 5.57. The Balaban J connectivity index is 1.53. The summed E-state index contributed by atoms with van der Waals surface area (Å²) in [5, 5.41) is 2.95. The van der Waals surface area contributed by atoms with Crippen molar-refractivity contribution >= 4 is 33.0 Å². The van der Waals surface area contributed by atoms with Crippen LogP contribution in [0.1, 0.15) is 34.7 Å². The molecular weight excluding hydrogens is 450 g/mol. The molecule has 0 aliphatic carbocycles. The number of hydrogen-bond donors (Lipinski definition) is 1. The molecule has 0 saturated carbocycles. The van der Waals surface area contributed by atoms with Crippen molar-refractivity contribution in [2.24, 2.45) is 7.05 Å². The lowest BCUT2D eigenvalue weighted by molar-refractivity contribution is 0.0853. The van der Waals surface area contributed by atoms with Gasteiger partial charge in [0.05, 0.1) is 21.8 Å². The number of rotatable bonds is 5. The monoisotopic (exact) mass is 473 g/mol. The van der Waals surface area contributed by atoms with Gasteiger partial charge in [-0.3, -0.25) is 9.78 Å². The molecular formula is C23H24ClN3O4S. The van der Waals surface area contributed by atoms with Gasteiger partial charge in [0.2, 0.25) is 0 Å². The van der Waals surface area contributed by atoms with E-state index in [1.165, 1.54) is 23.8 Å². The van der Waals surface area contributed by atoms with Crippen molar-refractivity contribution < 1.29 is 17.9 Å². The van der Waals surface area contributed by atoms with Crippen molar-refractivity contribution in [3.05, 3.63) is 64.9 Å². The van der Waals surface area contributed by atoms with E-state index >= 15 is 0 Å². The van der Waals surface area contributed by atoms with E-state index in [2.05, 4.69) is 16.4 Å². The standard InChI is InChI=1S/C23H24ClN3O4S/c1-27-14-17(23(28)26-19-10-18(24)11-20(12-19)32(2,29)30)9-22(27)21-4-3-16(13-25-21)15-5-7-31-8-6-15/h3-4,9-15H,5-8H2,1-2H3,(H,26,28). The summed E-state index contributed by atoms with van der Waals surface area (Å²) in [5.41, 5.74) is 3.51. The number of hydrogen-bond acceptors (Lipinski definition) is 5. The molecule has 1 aliphatic rings. The van der Waals surface area contributed by atoms with Crippen LogP contribution in [0.15, 0.2) is 53.7 Å². The lowest BCUT2D eigenvalue weighted by Crippen LogP contribution is -2.14. The summed E-state index contributed by atoms with van der Waals surface area (Å²) < 4.78 is 30.9. The molecule has 4 rings (SSSR count). The average molecular weight is 474 g/mol. The molecule has 1 fully saturated rings. The van der Waals surface area contributed by atoms with Gasteiger partial charge in [-0.15, -0.1) is 0 Å². The molecule has 1 amide bonds. The van der Waals surface area contributed by atoms with Crippen LogP contribution in [0.25, 0.3) is 11.4 Å². The topological polar surface area (TPSA) is 90.3 Å². The summed E-state index contributed by atoms with van der Waals surface area (Å²) in [6.45, 7) is 1.56. The minimum Gasteiger partial charge on any atom is -0.381 e. The molecule has 3 aromatic rings. The first-order valence-corrected chi connectivity index (χ1v) is 12.5. The molecule has 0 atom stereocenters. The Labute approximate surface area is 192 Å². The van der Waals surface area contributed by atoms with Gasteiger partial charge in [0.1, 0.15) is 0 Å². The summed E-state index contributed by atoms with van der Waals surface area (Å²) in [5.74, 6) is 0.0990. The van der Waals surface area contributed by atoms with Crippen LogP contribution in [-0.2, 0) is 21.6 Å². The van der Waals surface area contributed by atoms with Crippen LogP contribution < -0.4 is 5.32 Å². The van der Waals surface area contributed by atoms with Gasteiger partial charge in [0.25, 0.3) is 5.91 Å². The molecule has 1 aromatic carbocycles. The summed E-state index contributed by atoms with van der Waals surface area (Å²) in [7, 11) is -1.61. The summed E-state index contributed by atoms with van der Waals surface area (Å²) in [6.07, 6.45) is 6.70. The average Bonchev–Trinajstić information content (AvgIpc) is 3.15. The number of carbonyl (C=O) groups is 1. The Morgan fingerprint density at radius 3 is 2.59 bits per heavy atom. The van der Waals surface area contributed by atoms with Crippen molar-refractivity contribution in [1.82, 2.24) is 9.55 Å². The number of sulfone groups is 1. The van der Waals surface area contributed by atoms with E-state index in [9.17, 15) is 13.2 Å². The van der Waals surface area contributed by atoms with Gasteiger partial charge in [-0.2, -0.15) is 0 Å². The molecule has 168 valence electrons. The van der Waals surface area contributed by atoms with Crippen LogP contribution in [0.4, 0.5) is 5.69 Å². The zero-order valence-electron chi connectivity index (χ0n) is 17.8. The largest absolute Gasteiger partial charge is 0.381 e. The van der Waals surface area contributed by atoms with Crippen LogP contribution in [0.3, 0.4) is 0 Å². The molecule has 9 heteroatoms. The number of pyridine rings is 1. The van der Waals surface area contributed by atoms with Crippen LogP contribution >= 0.6 is 11.6 Å². The highest BCUT2D eigenvalue weighted by atomic mass is 35.5. The van der Waals surface area contributed by atoms with Crippen LogP contribution in [0, 0.1) is 0 Å². The highest BCUT2D eigenvalue weighted by molar-refractivity contribution is 7.90. The number of amides is 1. The number of carbonyl (C=O) groups excluding carboxylic acids is 1. The van der Waals surface area contributed by atoms with Crippen molar-refractivity contribution in [3.63, 3.8) is 0 Å². The second-order valence-electron chi connectivity index (χ2n) is 7.99. The number of anilines is 1. The maximum atomic E-state index is 12.8. The molecule has 3 heterocycles. The summed E-state index contributed by atoms with van der Waals surface area (Å²) >= 11 is 6.03. The van der Waals surface area contributed by atoms with Gasteiger partial charge in [0, 0.05) is 49.6 Å². The van der Waals surface area contributed by atoms with Gasteiger partial charge in [-0.1, -0.05) is 17.7 Å². The third kappa shape index (κ3) is 5.03. The highest BCUT2D eigenvalue weighted by Crippen LogP contribution is 2.28. The van der Waals surface area contributed by atoms with Gasteiger partial charge in [-0.25, -0.2) is 8.42 Å². The highest BCUT2D eigenvalue weighted by Gasteiger charge is 2.18. The van der Waals surface area contributed by atoms with Gasteiger partial charge >= 0.3 is 0 Å². The molecule has 0 spiro atoms. The fraction of sp³-hybridized carbons (Fsp3) is 0.304. The maximum absolute atomic E-state index is 12.8. The molecule has 0 unspecified atom stereocenters. The third-order valence-corrected chi connectivity index (χ3v) is 6.88. The molecule has 0 radical (unpaired) electrons. The number of benzene rings is 1. The van der Waals surface area contributed by atoms with Gasteiger partial charge in [-0.05, 0) is 54.7 Å². The lowest BCUT2D eigenvalue weighted by atomic mass is 9.93. The normalized spacial score (nSPS) is 15.0. The predicted molar refractivity (Wildman–Crippen MR) is 124 cm³/mol. The molecule has 0 bridgehead atoms. The molecule has 7 nitrogen and oxygen atoms in total. The van der Waals surface area contributed by atoms with E-state index in [0.29, 0.717) is 17.2 Å². The summed E-state index contributed by atoms with van der Waals surface area (Å²) in [6, 6.07) is 10.1. The number of nitrogens with zero attached hydrogens (tertiary/aromatic N) is 2. The Hall–Kier alpha value is -2.68. The quantitative estimate of drug-likeness (QED) is 0.597. The molecule has 32 heavy (non-hydrogen) atoms. The Kier molecular flexibility index (Phi) is 6.37. The van der Waals surface area contributed by atoms with E-state index in [1.54, 1.807) is 12.3 Å². The number of aromatic nitrogens is 2. The number of halogens is 1. The van der Waals surface area contributed by atoms with Crippen LogP contribution in [0.5, 0.6) is 0 Å². The lowest BCUT2D eigenvalue weighted by Gasteiger charge is -2.22. The first kappa shape index (κ1) is 22.5. The first-order chi connectivity index (χ1) is 15.2. The second kappa shape index (κ2) is 9.05. The number of ether oxygens (including phenoxy) is 1. The van der Waals surface area contributed by atoms with Crippen molar-refractivity contribution in [1.29, 1.82) is 0 Å². The minimum absolute atomic E-state index is 0.0443. The Morgan fingerprint density at radius 2 is 1.94 bits per heavy atom. The first-order valence-electron chi connectivity index (χ1n) is 10.2. The van der Waals surface area contributed by atoms with Gasteiger partial charge in [0.15, 0.2) is 9.84 Å². The van der Waals surface area contributed by atoms with E-state index in [4.69, 9.17) is 16.3 Å². The van der Waals surface area contributed by atoms with Gasteiger partial charge < -0.3 is 14.6 Å². The second-order valence-corrected chi connectivity index (χ2v) is 10.4. The van der Waals surface area contributed by atoms with E-state index < -0.39 is 9.84 Å². The zero-order chi connectivity index (χ0) is 22.9. The molecule has 1 aliphatic heterocycles. The number of aryl methyl sites for hydroxylation is 1.